The topological polar surface area (TPSA) is 47.6 Å². The number of ether oxygens (including phenoxy) is 2. The lowest BCUT2D eigenvalue weighted by molar-refractivity contribution is -0.122. The molecule has 4 heteroatoms. The van der Waals surface area contributed by atoms with Crippen LogP contribution in [0.2, 0.25) is 0 Å². The van der Waals surface area contributed by atoms with Gasteiger partial charge in [-0.15, -0.1) is 0 Å². The molecule has 0 bridgehead atoms. The largest absolute Gasteiger partial charge is 0.493 e. The highest BCUT2D eigenvalue weighted by atomic mass is 16.5. The van der Waals surface area contributed by atoms with E-state index in [1.807, 2.05) is 49.4 Å². The van der Waals surface area contributed by atoms with E-state index in [0.717, 1.165) is 12.1 Å². The van der Waals surface area contributed by atoms with Gasteiger partial charge in [0, 0.05) is 5.69 Å². The minimum atomic E-state index is -0.572. The fourth-order valence-corrected chi connectivity index (χ4v) is 2.24. The highest BCUT2D eigenvalue weighted by molar-refractivity contribution is 5.94. The van der Waals surface area contributed by atoms with Gasteiger partial charge in [0.25, 0.3) is 5.91 Å². The van der Waals surface area contributed by atoms with Crippen LogP contribution in [0.3, 0.4) is 0 Å². The number of carbonyl (C=O) groups is 1. The Morgan fingerprint density at radius 1 is 1.04 bits per heavy atom. The third-order valence-corrected chi connectivity index (χ3v) is 3.63. The molecule has 2 aromatic rings. The first-order valence-corrected chi connectivity index (χ1v) is 7.87. The second-order valence-electron chi connectivity index (χ2n) is 5.21. The average Bonchev–Trinajstić information content (AvgIpc) is 2.60. The molecule has 0 aliphatic heterocycles. The molecule has 0 radical (unpaired) electrons. The monoisotopic (exact) mass is 313 g/mol. The van der Waals surface area contributed by atoms with Gasteiger partial charge >= 0.3 is 0 Å². The van der Waals surface area contributed by atoms with E-state index in [1.165, 1.54) is 5.56 Å². The van der Waals surface area contributed by atoms with Gasteiger partial charge in [-0.05, 0) is 42.7 Å². The van der Waals surface area contributed by atoms with E-state index in [4.69, 9.17) is 9.47 Å². The molecule has 0 aliphatic carbocycles. The summed E-state index contributed by atoms with van der Waals surface area (Å²) in [4.78, 5) is 12.4. The molecule has 1 N–H and O–H groups in total. The number of para-hydroxylation sites is 2. The van der Waals surface area contributed by atoms with E-state index in [1.54, 1.807) is 13.2 Å². The second kappa shape index (κ2) is 8.22. The van der Waals surface area contributed by atoms with Crippen molar-refractivity contribution in [3.05, 3.63) is 54.1 Å². The van der Waals surface area contributed by atoms with Crippen LogP contribution in [-0.2, 0) is 11.2 Å². The lowest BCUT2D eigenvalue weighted by Crippen LogP contribution is -2.32. The predicted octanol–water partition coefficient (Wildman–Crippen LogP) is 4.05. The van der Waals surface area contributed by atoms with Gasteiger partial charge < -0.3 is 14.8 Å². The van der Waals surface area contributed by atoms with Crippen molar-refractivity contribution in [3.63, 3.8) is 0 Å². The second-order valence-corrected chi connectivity index (χ2v) is 5.21. The Balaban J connectivity index is 2.05. The number of rotatable bonds is 7. The minimum Gasteiger partial charge on any atom is -0.493 e. The Kier molecular flexibility index (Phi) is 6.03. The van der Waals surface area contributed by atoms with Gasteiger partial charge in [0.05, 0.1) is 7.11 Å². The van der Waals surface area contributed by atoms with Gasteiger partial charge in [-0.3, -0.25) is 4.79 Å². The maximum absolute atomic E-state index is 12.4. The first kappa shape index (κ1) is 16.9. The minimum absolute atomic E-state index is 0.164. The molecule has 2 aromatic carbocycles. The van der Waals surface area contributed by atoms with Crippen molar-refractivity contribution in [2.24, 2.45) is 0 Å². The van der Waals surface area contributed by atoms with Gasteiger partial charge in [0.2, 0.25) is 0 Å². The Labute approximate surface area is 137 Å². The quantitative estimate of drug-likeness (QED) is 0.838. The summed E-state index contributed by atoms with van der Waals surface area (Å²) in [6.45, 7) is 4.02. The molecule has 2 rings (SSSR count). The van der Waals surface area contributed by atoms with Gasteiger partial charge in [-0.25, -0.2) is 0 Å². The number of amides is 1. The molecule has 1 amide bonds. The number of nitrogens with one attached hydrogen (secondary N) is 1. The molecule has 1 atom stereocenters. The maximum Gasteiger partial charge on any atom is 0.265 e. The lowest BCUT2D eigenvalue weighted by Gasteiger charge is -2.19. The number of hydrogen-bond acceptors (Lipinski definition) is 3. The van der Waals surface area contributed by atoms with Crippen molar-refractivity contribution < 1.29 is 14.3 Å². The molecule has 122 valence electrons. The first-order chi connectivity index (χ1) is 11.2. The normalized spacial score (nSPS) is 11.6. The lowest BCUT2D eigenvalue weighted by atomic mass is 10.1. The van der Waals surface area contributed by atoms with Crippen molar-refractivity contribution in [2.45, 2.75) is 32.8 Å². The molecular formula is C19H23NO3. The number of methoxy groups -OCH3 is 1. The smallest absolute Gasteiger partial charge is 0.265 e. The van der Waals surface area contributed by atoms with Gasteiger partial charge in [-0.2, -0.15) is 0 Å². The summed E-state index contributed by atoms with van der Waals surface area (Å²) in [7, 11) is 1.58. The number of benzene rings is 2. The van der Waals surface area contributed by atoms with Gasteiger partial charge in [-0.1, -0.05) is 38.1 Å². The van der Waals surface area contributed by atoms with Crippen LogP contribution in [-0.4, -0.2) is 19.1 Å². The van der Waals surface area contributed by atoms with E-state index in [0.29, 0.717) is 17.9 Å². The van der Waals surface area contributed by atoms with Crippen LogP contribution in [0.4, 0.5) is 5.69 Å². The molecular weight excluding hydrogens is 290 g/mol. The van der Waals surface area contributed by atoms with E-state index >= 15 is 0 Å². The van der Waals surface area contributed by atoms with Crippen molar-refractivity contribution in [1.29, 1.82) is 0 Å². The van der Waals surface area contributed by atoms with Crippen LogP contribution in [0.1, 0.15) is 25.8 Å². The van der Waals surface area contributed by atoms with Crippen molar-refractivity contribution in [1.82, 2.24) is 0 Å². The zero-order chi connectivity index (χ0) is 16.7. The average molecular weight is 313 g/mol. The maximum atomic E-state index is 12.4. The molecule has 0 aliphatic rings. The van der Waals surface area contributed by atoms with Crippen LogP contribution in [0.15, 0.2) is 48.5 Å². The van der Waals surface area contributed by atoms with Crippen LogP contribution >= 0.6 is 0 Å². The number of anilines is 1. The summed E-state index contributed by atoms with van der Waals surface area (Å²) in [5, 5.41) is 2.90. The summed E-state index contributed by atoms with van der Waals surface area (Å²) < 4.78 is 11.1. The summed E-state index contributed by atoms with van der Waals surface area (Å²) in [6.07, 6.45) is 0.969. The fraction of sp³-hybridized carbons (Fsp3) is 0.316. The Morgan fingerprint density at radius 2 is 1.70 bits per heavy atom. The summed E-state index contributed by atoms with van der Waals surface area (Å²) in [5.41, 5.74) is 2.01. The molecule has 0 saturated heterocycles. The molecule has 0 saturated carbocycles. The van der Waals surface area contributed by atoms with E-state index < -0.39 is 6.10 Å². The van der Waals surface area contributed by atoms with Crippen LogP contribution in [0.5, 0.6) is 11.5 Å². The fourth-order valence-electron chi connectivity index (χ4n) is 2.24. The third kappa shape index (κ3) is 4.49. The molecule has 4 nitrogen and oxygen atoms in total. The molecule has 23 heavy (non-hydrogen) atoms. The zero-order valence-electron chi connectivity index (χ0n) is 13.8. The van der Waals surface area contributed by atoms with Gasteiger partial charge in [0.15, 0.2) is 17.6 Å². The number of hydrogen-bond donors (Lipinski definition) is 1. The number of aryl methyl sites for hydroxylation is 1. The van der Waals surface area contributed by atoms with Crippen LogP contribution in [0.25, 0.3) is 0 Å². The molecule has 0 unspecified atom stereocenters. The SMILES string of the molecule is CCc1ccc(NC(=O)[C@@H](CC)Oc2ccccc2OC)cc1. The predicted molar refractivity (Wildman–Crippen MR) is 92.2 cm³/mol. The standard InChI is InChI=1S/C19H23NO3/c1-4-14-10-12-15(13-11-14)20-19(21)16(5-2)23-18-9-7-6-8-17(18)22-3/h6-13,16H,4-5H2,1-3H3,(H,20,21)/t16-/m1/s1. The van der Waals surface area contributed by atoms with E-state index in [2.05, 4.69) is 12.2 Å². The van der Waals surface area contributed by atoms with Crippen LogP contribution < -0.4 is 14.8 Å². The molecule has 0 fully saturated rings. The van der Waals surface area contributed by atoms with Crippen molar-refractivity contribution >= 4 is 11.6 Å². The summed E-state index contributed by atoms with van der Waals surface area (Å²) in [5.74, 6) is 1.02. The third-order valence-electron chi connectivity index (χ3n) is 3.63. The Bertz CT molecular complexity index is 637. The summed E-state index contributed by atoms with van der Waals surface area (Å²) >= 11 is 0. The molecule has 0 aromatic heterocycles. The summed E-state index contributed by atoms with van der Waals surface area (Å²) in [6, 6.07) is 15.2. The van der Waals surface area contributed by atoms with Crippen LogP contribution in [0, 0.1) is 0 Å². The van der Waals surface area contributed by atoms with E-state index in [-0.39, 0.29) is 5.91 Å². The molecule has 0 spiro atoms. The zero-order valence-corrected chi connectivity index (χ0v) is 13.8. The van der Waals surface area contributed by atoms with Crippen molar-refractivity contribution in [3.8, 4) is 11.5 Å². The first-order valence-electron chi connectivity index (χ1n) is 7.87. The number of carbonyl (C=O) groups excluding carboxylic acids is 1. The van der Waals surface area contributed by atoms with Crippen molar-refractivity contribution in [2.75, 3.05) is 12.4 Å². The highest BCUT2D eigenvalue weighted by Crippen LogP contribution is 2.27. The molecule has 0 heterocycles. The highest BCUT2D eigenvalue weighted by Gasteiger charge is 2.20. The Morgan fingerprint density at radius 3 is 2.26 bits per heavy atom. The van der Waals surface area contributed by atoms with Gasteiger partial charge in [0.1, 0.15) is 0 Å². The van der Waals surface area contributed by atoms with E-state index in [9.17, 15) is 4.79 Å². The Hall–Kier alpha value is -2.49.